The highest BCUT2D eigenvalue weighted by molar-refractivity contribution is 5.91. The Balaban J connectivity index is 1.82. The molecule has 0 aliphatic carbocycles. The molecule has 1 aliphatic heterocycles. The highest BCUT2D eigenvalue weighted by atomic mass is 16.5. The number of carboxylic acids is 1. The number of aromatic carboxylic acids is 1. The van der Waals surface area contributed by atoms with E-state index >= 15 is 0 Å². The topological polar surface area (TPSA) is 78.9 Å². The van der Waals surface area contributed by atoms with E-state index in [2.05, 4.69) is 28.4 Å². The van der Waals surface area contributed by atoms with Crippen LogP contribution in [0.15, 0.2) is 54.1 Å². The van der Waals surface area contributed by atoms with Gasteiger partial charge in [0, 0.05) is 24.3 Å². The lowest BCUT2D eigenvalue weighted by molar-refractivity contribution is -0.120. The van der Waals surface area contributed by atoms with Crippen molar-refractivity contribution in [1.82, 2.24) is 5.32 Å². The molecule has 1 unspecified atom stereocenters. The van der Waals surface area contributed by atoms with E-state index in [0.29, 0.717) is 12.2 Å². The van der Waals surface area contributed by atoms with Crippen molar-refractivity contribution in [2.75, 3.05) is 24.6 Å². The zero-order chi connectivity index (χ0) is 23.8. The van der Waals surface area contributed by atoms with E-state index in [-0.39, 0.29) is 29.7 Å². The van der Waals surface area contributed by atoms with Gasteiger partial charge in [-0.1, -0.05) is 35.9 Å². The molecule has 0 bridgehead atoms. The second-order valence-corrected chi connectivity index (χ2v) is 8.64. The van der Waals surface area contributed by atoms with Gasteiger partial charge in [0.05, 0.1) is 19.1 Å². The summed E-state index contributed by atoms with van der Waals surface area (Å²) in [5, 5.41) is 12.5. The third-order valence-electron chi connectivity index (χ3n) is 5.73. The number of carbonyl (C=O) groups is 2. The highest BCUT2D eigenvalue weighted by Gasteiger charge is 2.21. The fraction of sp³-hybridized carbons (Fsp3) is 0.407. The summed E-state index contributed by atoms with van der Waals surface area (Å²) >= 11 is 0. The van der Waals surface area contributed by atoms with Gasteiger partial charge in [-0.05, 0) is 63.8 Å². The number of allylic oxidation sites excluding steroid dienone is 1. The normalized spacial score (nSPS) is 14.3. The Kier molecular flexibility index (Phi) is 8.52. The number of nitrogens with zero attached hydrogens (tertiary/aromatic N) is 1. The fourth-order valence-electron chi connectivity index (χ4n) is 4.25. The van der Waals surface area contributed by atoms with Crippen molar-refractivity contribution in [3.8, 4) is 5.75 Å². The predicted molar refractivity (Wildman–Crippen MR) is 131 cm³/mol. The quantitative estimate of drug-likeness (QED) is 0.517. The molecule has 0 saturated carbocycles. The third kappa shape index (κ3) is 6.60. The van der Waals surface area contributed by atoms with E-state index < -0.39 is 5.97 Å². The molecule has 6 heteroatoms. The fourth-order valence-corrected chi connectivity index (χ4v) is 4.25. The standard InChI is InChI=1S/C27H34N2O4/c1-4-33-25-17-20(12-13-22(25)27(31)32)18-26(30)28-23(16-19(2)3)21-10-6-7-11-24(21)29-14-8-5-9-15-29/h6-7,10-13,16-17,23H,4-5,8-9,14-15,18H2,1-3H3,(H,28,30)(H,31,32). The number of anilines is 1. The van der Waals surface area contributed by atoms with Crippen LogP contribution in [0.2, 0.25) is 0 Å². The van der Waals surface area contributed by atoms with Crippen molar-refractivity contribution in [1.29, 1.82) is 0 Å². The van der Waals surface area contributed by atoms with Crippen LogP contribution in [0, 0.1) is 0 Å². The molecule has 176 valence electrons. The van der Waals surface area contributed by atoms with Crippen LogP contribution in [-0.2, 0) is 11.2 Å². The molecule has 6 nitrogen and oxygen atoms in total. The van der Waals surface area contributed by atoms with E-state index in [4.69, 9.17) is 4.74 Å². The molecule has 2 aromatic rings. The summed E-state index contributed by atoms with van der Waals surface area (Å²) in [5.74, 6) is -0.893. The van der Waals surface area contributed by atoms with Crippen LogP contribution in [0.25, 0.3) is 0 Å². The lowest BCUT2D eigenvalue weighted by atomic mass is 9.99. The molecule has 0 radical (unpaired) electrons. The van der Waals surface area contributed by atoms with Crippen LogP contribution in [0.1, 0.15) is 67.6 Å². The largest absolute Gasteiger partial charge is 0.493 e. The van der Waals surface area contributed by atoms with Gasteiger partial charge in [0.25, 0.3) is 0 Å². The number of amides is 1. The molecule has 3 rings (SSSR count). The van der Waals surface area contributed by atoms with Crippen LogP contribution in [0.3, 0.4) is 0 Å². The van der Waals surface area contributed by atoms with Gasteiger partial charge in [0.15, 0.2) is 0 Å². The molecule has 0 spiro atoms. The Labute approximate surface area is 196 Å². The van der Waals surface area contributed by atoms with Crippen molar-refractivity contribution >= 4 is 17.6 Å². The third-order valence-corrected chi connectivity index (χ3v) is 5.73. The van der Waals surface area contributed by atoms with E-state index in [1.165, 1.54) is 31.0 Å². The first-order valence-corrected chi connectivity index (χ1v) is 11.7. The predicted octanol–water partition coefficient (Wildman–Crippen LogP) is 5.14. The van der Waals surface area contributed by atoms with Crippen LogP contribution in [-0.4, -0.2) is 36.7 Å². The van der Waals surface area contributed by atoms with Gasteiger partial charge in [-0.3, -0.25) is 4.79 Å². The smallest absolute Gasteiger partial charge is 0.339 e. The number of piperidine rings is 1. The summed E-state index contributed by atoms with van der Waals surface area (Å²) in [5.41, 5.74) is 4.19. The Morgan fingerprint density at radius 3 is 2.52 bits per heavy atom. The lowest BCUT2D eigenvalue weighted by Crippen LogP contribution is -2.33. The number of ether oxygens (including phenoxy) is 1. The minimum atomic E-state index is -1.05. The summed E-state index contributed by atoms with van der Waals surface area (Å²) in [6.45, 7) is 8.27. The summed E-state index contributed by atoms with van der Waals surface area (Å²) in [7, 11) is 0. The average Bonchev–Trinajstić information content (AvgIpc) is 2.79. The van der Waals surface area contributed by atoms with Gasteiger partial charge in [-0.15, -0.1) is 0 Å². The lowest BCUT2D eigenvalue weighted by Gasteiger charge is -2.32. The molecular weight excluding hydrogens is 416 g/mol. The first-order valence-electron chi connectivity index (χ1n) is 11.7. The summed E-state index contributed by atoms with van der Waals surface area (Å²) in [4.78, 5) is 26.9. The molecule has 0 aromatic heterocycles. The molecule has 1 fully saturated rings. The number of benzene rings is 2. The van der Waals surface area contributed by atoms with Crippen molar-refractivity contribution in [3.63, 3.8) is 0 Å². The molecule has 33 heavy (non-hydrogen) atoms. The van der Waals surface area contributed by atoms with Crippen molar-refractivity contribution < 1.29 is 19.4 Å². The van der Waals surface area contributed by atoms with Gasteiger partial charge < -0.3 is 20.1 Å². The zero-order valence-electron chi connectivity index (χ0n) is 19.8. The Morgan fingerprint density at radius 1 is 1.12 bits per heavy atom. The number of para-hydroxylation sites is 1. The second kappa shape index (κ2) is 11.5. The molecule has 1 saturated heterocycles. The molecule has 1 atom stereocenters. The van der Waals surface area contributed by atoms with Gasteiger partial charge in [0.2, 0.25) is 5.91 Å². The van der Waals surface area contributed by atoms with Crippen LogP contribution in [0.4, 0.5) is 5.69 Å². The van der Waals surface area contributed by atoms with Crippen molar-refractivity contribution in [2.45, 2.75) is 52.5 Å². The number of hydrogen-bond acceptors (Lipinski definition) is 4. The first-order chi connectivity index (χ1) is 15.9. The molecule has 1 heterocycles. The van der Waals surface area contributed by atoms with Crippen molar-refractivity contribution in [3.05, 3.63) is 70.8 Å². The summed E-state index contributed by atoms with van der Waals surface area (Å²) < 4.78 is 5.48. The Hall–Kier alpha value is -3.28. The monoisotopic (exact) mass is 450 g/mol. The Bertz CT molecular complexity index is 1000. The van der Waals surface area contributed by atoms with E-state index in [1.54, 1.807) is 19.1 Å². The minimum Gasteiger partial charge on any atom is -0.493 e. The maximum atomic E-state index is 13.0. The van der Waals surface area contributed by atoms with E-state index in [1.807, 2.05) is 26.0 Å². The maximum Gasteiger partial charge on any atom is 0.339 e. The SMILES string of the molecule is CCOc1cc(CC(=O)NC(C=C(C)C)c2ccccc2N2CCCCC2)ccc1C(=O)O. The van der Waals surface area contributed by atoms with Crippen LogP contribution >= 0.6 is 0 Å². The highest BCUT2D eigenvalue weighted by Crippen LogP contribution is 2.30. The average molecular weight is 451 g/mol. The van der Waals surface area contributed by atoms with E-state index in [0.717, 1.165) is 24.2 Å². The van der Waals surface area contributed by atoms with Crippen LogP contribution < -0.4 is 15.0 Å². The summed E-state index contributed by atoms with van der Waals surface area (Å²) in [6.07, 6.45) is 5.85. The number of nitrogens with one attached hydrogen (secondary N) is 1. The summed E-state index contributed by atoms with van der Waals surface area (Å²) in [6, 6.07) is 12.8. The number of rotatable bonds is 9. The molecule has 2 aromatic carbocycles. The van der Waals surface area contributed by atoms with Gasteiger partial charge in [-0.25, -0.2) is 4.79 Å². The van der Waals surface area contributed by atoms with Gasteiger partial charge in [0.1, 0.15) is 11.3 Å². The Morgan fingerprint density at radius 2 is 1.85 bits per heavy atom. The van der Waals surface area contributed by atoms with E-state index in [9.17, 15) is 14.7 Å². The van der Waals surface area contributed by atoms with Crippen LogP contribution in [0.5, 0.6) is 5.75 Å². The number of hydrogen-bond donors (Lipinski definition) is 2. The number of carbonyl (C=O) groups excluding carboxylic acids is 1. The first kappa shape index (κ1) is 24.4. The molecule has 1 aliphatic rings. The maximum absolute atomic E-state index is 13.0. The molecule has 2 N–H and O–H groups in total. The zero-order valence-corrected chi connectivity index (χ0v) is 19.8. The van der Waals surface area contributed by atoms with Crippen molar-refractivity contribution in [2.24, 2.45) is 0 Å². The van der Waals surface area contributed by atoms with Gasteiger partial charge in [-0.2, -0.15) is 0 Å². The second-order valence-electron chi connectivity index (χ2n) is 8.64. The minimum absolute atomic E-state index is 0.0962. The number of carboxylic acid groups (broad SMARTS) is 1. The molecule has 1 amide bonds. The van der Waals surface area contributed by atoms with Gasteiger partial charge >= 0.3 is 5.97 Å². The molecular formula is C27H34N2O4.